The lowest BCUT2D eigenvalue weighted by Crippen LogP contribution is -2.18. The highest BCUT2D eigenvalue weighted by atomic mass is 79.9. The van der Waals surface area contributed by atoms with E-state index in [1.165, 1.54) is 15.8 Å². The van der Waals surface area contributed by atoms with Crippen molar-refractivity contribution < 1.29 is 0 Å². The summed E-state index contributed by atoms with van der Waals surface area (Å²) in [6.07, 6.45) is 1.19. The predicted octanol–water partition coefficient (Wildman–Crippen LogP) is 3.57. The van der Waals surface area contributed by atoms with Crippen LogP contribution in [0.1, 0.15) is 31.2 Å². The van der Waals surface area contributed by atoms with Crippen LogP contribution in [-0.4, -0.2) is 6.54 Å². The third-order valence-electron chi connectivity index (χ3n) is 1.74. The van der Waals surface area contributed by atoms with Crippen molar-refractivity contribution in [1.82, 2.24) is 5.32 Å². The Balaban J connectivity index is 2.52. The van der Waals surface area contributed by atoms with E-state index in [1.54, 1.807) is 11.3 Å². The first kappa shape index (κ1) is 10.2. The highest BCUT2D eigenvalue weighted by Crippen LogP contribution is 2.28. The Hall–Kier alpha value is 0.140. The second-order valence-electron chi connectivity index (χ2n) is 2.81. The van der Waals surface area contributed by atoms with Gasteiger partial charge in [-0.15, -0.1) is 11.3 Å². The van der Waals surface area contributed by atoms with E-state index in [0.717, 1.165) is 6.54 Å². The quantitative estimate of drug-likeness (QED) is 0.858. The van der Waals surface area contributed by atoms with E-state index in [1.807, 2.05) is 0 Å². The van der Waals surface area contributed by atoms with Crippen LogP contribution in [0.3, 0.4) is 0 Å². The highest BCUT2D eigenvalue weighted by Gasteiger charge is 2.08. The van der Waals surface area contributed by atoms with Crippen LogP contribution in [0.25, 0.3) is 0 Å². The summed E-state index contributed by atoms with van der Waals surface area (Å²) in [4.78, 5) is 1.39. The normalized spacial score (nSPS) is 13.2. The van der Waals surface area contributed by atoms with Gasteiger partial charge in [-0.25, -0.2) is 0 Å². The second-order valence-corrected chi connectivity index (χ2v) is 4.61. The lowest BCUT2D eigenvalue weighted by atomic mass is 10.2. The van der Waals surface area contributed by atoms with Gasteiger partial charge in [0.25, 0.3) is 0 Å². The number of hydrogen-bond donors (Lipinski definition) is 1. The Morgan fingerprint density at radius 2 is 2.42 bits per heavy atom. The largest absolute Gasteiger partial charge is 0.309 e. The molecule has 1 aromatic heterocycles. The zero-order valence-corrected chi connectivity index (χ0v) is 9.83. The maximum absolute atomic E-state index is 3.53. The Morgan fingerprint density at radius 1 is 1.67 bits per heavy atom. The van der Waals surface area contributed by atoms with Crippen LogP contribution in [0.2, 0.25) is 0 Å². The van der Waals surface area contributed by atoms with Crippen LogP contribution in [0, 0.1) is 0 Å². The van der Waals surface area contributed by atoms with Crippen molar-refractivity contribution >= 4 is 27.3 Å². The Morgan fingerprint density at radius 3 is 2.92 bits per heavy atom. The van der Waals surface area contributed by atoms with Crippen molar-refractivity contribution in [2.75, 3.05) is 6.54 Å². The van der Waals surface area contributed by atoms with Gasteiger partial charge >= 0.3 is 0 Å². The molecule has 0 bridgehead atoms. The summed E-state index contributed by atoms with van der Waals surface area (Å²) in [5.74, 6) is 0. The molecule has 0 aliphatic carbocycles. The van der Waals surface area contributed by atoms with E-state index < -0.39 is 0 Å². The lowest BCUT2D eigenvalue weighted by Gasteiger charge is -2.11. The molecule has 0 aromatic carbocycles. The number of halogens is 1. The summed E-state index contributed by atoms with van der Waals surface area (Å²) in [7, 11) is 0. The fourth-order valence-corrected chi connectivity index (χ4v) is 2.82. The Kier molecular flexibility index (Phi) is 4.26. The summed E-state index contributed by atoms with van der Waals surface area (Å²) in [5, 5.41) is 5.57. The first-order valence-electron chi connectivity index (χ1n) is 4.22. The molecule has 0 aliphatic rings. The first-order chi connectivity index (χ1) is 5.75. The van der Waals surface area contributed by atoms with Gasteiger partial charge in [-0.3, -0.25) is 0 Å². The third kappa shape index (κ3) is 2.57. The monoisotopic (exact) mass is 247 g/mol. The lowest BCUT2D eigenvalue weighted by molar-refractivity contribution is 0.577. The molecule has 1 rings (SSSR count). The molecule has 0 aliphatic heterocycles. The van der Waals surface area contributed by atoms with Crippen molar-refractivity contribution in [2.45, 2.75) is 26.3 Å². The molecular formula is C9H14BrNS. The molecule has 1 N–H and O–H groups in total. The summed E-state index contributed by atoms with van der Waals surface area (Å²) in [6.45, 7) is 5.47. The SMILES string of the molecule is CCCNC(C)c1sccc1Br. The van der Waals surface area contributed by atoms with Crippen LogP contribution in [-0.2, 0) is 0 Å². The molecule has 68 valence electrons. The van der Waals surface area contributed by atoms with Gasteiger partial charge in [0.2, 0.25) is 0 Å². The summed E-state index contributed by atoms with van der Waals surface area (Å²) < 4.78 is 1.23. The van der Waals surface area contributed by atoms with E-state index in [-0.39, 0.29) is 0 Å². The van der Waals surface area contributed by atoms with E-state index in [0.29, 0.717) is 6.04 Å². The summed E-state index contributed by atoms with van der Waals surface area (Å²) >= 11 is 5.33. The van der Waals surface area contributed by atoms with Crippen molar-refractivity contribution in [3.63, 3.8) is 0 Å². The third-order valence-corrected chi connectivity index (χ3v) is 3.79. The Bertz CT molecular complexity index is 234. The molecule has 0 radical (unpaired) electrons. The van der Waals surface area contributed by atoms with Gasteiger partial charge in [0.15, 0.2) is 0 Å². The van der Waals surface area contributed by atoms with Crippen molar-refractivity contribution in [3.8, 4) is 0 Å². The van der Waals surface area contributed by atoms with Gasteiger partial charge < -0.3 is 5.32 Å². The minimum atomic E-state index is 0.472. The molecule has 1 unspecified atom stereocenters. The number of rotatable bonds is 4. The number of hydrogen-bond acceptors (Lipinski definition) is 2. The molecule has 3 heteroatoms. The average molecular weight is 248 g/mol. The Labute approximate surface area is 86.3 Å². The van der Waals surface area contributed by atoms with E-state index in [4.69, 9.17) is 0 Å². The minimum absolute atomic E-state index is 0.472. The van der Waals surface area contributed by atoms with Crippen LogP contribution in [0.4, 0.5) is 0 Å². The molecule has 0 spiro atoms. The first-order valence-corrected chi connectivity index (χ1v) is 5.89. The highest BCUT2D eigenvalue weighted by molar-refractivity contribution is 9.10. The molecule has 0 saturated carbocycles. The second kappa shape index (κ2) is 5.00. The average Bonchev–Trinajstić information content (AvgIpc) is 2.47. The zero-order valence-electron chi connectivity index (χ0n) is 7.43. The summed E-state index contributed by atoms with van der Waals surface area (Å²) in [5.41, 5.74) is 0. The maximum Gasteiger partial charge on any atom is 0.0397 e. The molecule has 1 aromatic rings. The molecule has 1 atom stereocenters. The molecular weight excluding hydrogens is 234 g/mol. The fourth-order valence-electron chi connectivity index (χ4n) is 1.07. The topological polar surface area (TPSA) is 12.0 Å². The summed E-state index contributed by atoms with van der Waals surface area (Å²) in [6, 6.07) is 2.57. The van der Waals surface area contributed by atoms with Crippen LogP contribution >= 0.6 is 27.3 Å². The molecule has 12 heavy (non-hydrogen) atoms. The van der Waals surface area contributed by atoms with Crippen LogP contribution < -0.4 is 5.32 Å². The molecule has 0 saturated heterocycles. The molecule has 1 nitrogen and oxygen atoms in total. The maximum atomic E-state index is 3.53. The van der Waals surface area contributed by atoms with Crippen LogP contribution in [0.15, 0.2) is 15.9 Å². The van der Waals surface area contributed by atoms with Crippen LogP contribution in [0.5, 0.6) is 0 Å². The van der Waals surface area contributed by atoms with Gasteiger partial charge in [0.05, 0.1) is 0 Å². The number of thiophene rings is 1. The molecule has 0 fully saturated rings. The molecule has 0 amide bonds. The van der Waals surface area contributed by atoms with E-state index in [9.17, 15) is 0 Å². The zero-order chi connectivity index (χ0) is 8.97. The van der Waals surface area contributed by atoms with E-state index >= 15 is 0 Å². The van der Waals surface area contributed by atoms with Gasteiger partial charge in [0, 0.05) is 15.4 Å². The van der Waals surface area contributed by atoms with Gasteiger partial charge in [0.1, 0.15) is 0 Å². The fraction of sp³-hybridized carbons (Fsp3) is 0.556. The minimum Gasteiger partial charge on any atom is -0.309 e. The van der Waals surface area contributed by atoms with Gasteiger partial charge in [-0.05, 0) is 47.3 Å². The van der Waals surface area contributed by atoms with Crippen molar-refractivity contribution in [2.24, 2.45) is 0 Å². The standard InChI is InChI=1S/C9H14BrNS/c1-3-5-11-7(2)9-8(10)4-6-12-9/h4,6-7,11H,3,5H2,1-2H3. The predicted molar refractivity (Wildman–Crippen MR) is 58.7 cm³/mol. The van der Waals surface area contributed by atoms with Crippen molar-refractivity contribution in [1.29, 1.82) is 0 Å². The van der Waals surface area contributed by atoms with Gasteiger partial charge in [-0.2, -0.15) is 0 Å². The van der Waals surface area contributed by atoms with E-state index in [2.05, 4.69) is 46.5 Å². The smallest absolute Gasteiger partial charge is 0.0397 e. The van der Waals surface area contributed by atoms with Crippen molar-refractivity contribution in [3.05, 3.63) is 20.8 Å². The van der Waals surface area contributed by atoms with Gasteiger partial charge in [-0.1, -0.05) is 6.92 Å². The number of nitrogens with one attached hydrogen (secondary N) is 1. The molecule has 1 heterocycles.